The summed E-state index contributed by atoms with van der Waals surface area (Å²) < 4.78 is 35.6. The molecule has 2 fully saturated rings. The molecular formula is C26H25F2N6O3S+. The Morgan fingerprint density at radius 1 is 1.42 bits per heavy atom. The van der Waals surface area contributed by atoms with Crippen molar-refractivity contribution in [1.82, 2.24) is 19.8 Å². The van der Waals surface area contributed by atoms with Crippen molar-refractivity contribution in [2.45, 2.75) is 25.8 Å². The van der Waals surface area contributed by atoms with Crippen LogP contribution in [0.5, 0.6) is 0 Å². The number of amides is 1. The number of carbonyl (C=O) groups excluding carboxylic acids is 1. The SMILES string of the molecule is COC1=C=[N+]=C(C(F)F)C=C1c1cc(C[N+]2([O-])CCN(C)C2)ccc1C(=O)Nc1nnc(C#CC2CC2)s1. The monoisotopic (exact) mass is 539 g/mol. The fourth-order valence-electron chi connectivity index (χ4n) is 4.28. The zero-order valence-electron chi connectivity index (χ0n) is 20.8. The van der Waals surface area contributed by atoms with Crippen LogP contribution in [0.4, 0.5) is 13.9 Å². The van der Waals surface area contributed by atoms with Crippen LogP contribution >= 0.6 is 11.3 Å². The normalized spacial score (nSPS) is 20.9. The van der Waals surface area contributed by atoms with Crippen LogP contribution in [0.2, 0.25) is 0 Å². The molecule has 9 nitrogen and oxygen atoms in total. The van der Waals surface area contributed by atoms with Gasteiger partial charge in [-0.3, -0.25) is 15.0 Å². The molecule has 2 aliphatic heterocycles. The number of carbonyl (C=O) groups is 1. The summed E-state index contributed by atoms with van der Waals surface area (Å²) in [6.07, 6.45) is 0.502. The second-order valence-electron chi connectivity index (χ2n) is 9.49. The number of anilines is 1. The van der Waals surface area contributed by atoms with Crippen molar-refractivity contribution in [1.29, 1.82) is 0 Å². The van der Waals surface area contributed by atoms with Crippen molar-refractivity contribution in [3.63, 3.8) is 0 Å². The number of nitrogens with one attached hydrogen (secondary N) is 1. The van der Waals surface area contributed by atoms with Gasteiger partial charge in [0, 0.05) is 28.7 Å². The molecule has 1 saturated heterocycles. The van der Waals surface area contributed by atoms with Crippen LogP contribution < -0.4 is 9.98 Å². The maximum Gasteiger partial charge on any atom is 0.383 e. The zero-order chi connectivity index (χ0) is 26.9. The van der Waals surface area contributed by atoms with Gasteiger partial charge in [-0.2, -0.15) is 8.78 Å². The number of quaternary nitrogens is 1. The summed E-state index contributed by atoms with van der Waals surface area (Å²) in [7, 11) is 3.25. The second kappa shape index (κ2) is 10.6. The van der Waals surface area contributed by atoms with Crippen molar-refractivity contribution in [3.8, 4) is 11.8 Å². The van der Waals surface area contributed by atoms with Crippen molar-refractivity contribution >= 4 is 39.5 Å². The van der Waals surface area contributed by atoms with E-state index in [9.17, 15) is 18.8 Å². The van der Waals surface area contributed by atoms with E-state index in [1.54, 1.807) is 18.2 Å². The maximum absolute atomic E-state index is 13.5. The summed E-state index contributed by atoms with van der Waals surface area (Å²) in [5.74, 6) is 8.55. The zero-order valence-corrected chi connectivity index (χ0v) is 21.6. The molecule has 12 heteroatoms. The number of halogens is 2. The van der Waals surface area contributed by atoms with Gasteiger partial charge in [0.15, 0.2) is 5.01 Å². The number of hydrogen-bond acceptors (Lipinski definition) is 7. The van der Waals surface area contributed by atoms with Crippen molar-refractivity contribution in [2.75, 3.05) is 39.2 Å². The van der Waals surface area contributed by atoms with E-state index in [2.05, 4.69) is 37.9 Å². The minimum absolute atomic E-state index is 0.0982. The van der Waals surface area contributed by atoms with E-state index in [1.807, 2.05) is 11.9 Å². The number of allylic oxidation sites excluding steroid dienone is 2. The van der Waals surface area contributed by atoms with Gasteiger partial charge in [0.05, 0.1) is 20.2 Å². The molecule has 196 valence electrons. The van der Waals surface area contributed by atoms with Gasteiger partial charge in [-0.25, -0.2) is 0 Å². The first-order valence-corrected chi connectivity index (χ1v) is 12.8. The minimum atomic E-state index is -2.84. The molecule has 1 amide bonds. The van der Waals surface area contributed by atoms with Crippen LogP contribution in [0, 0.1) is 23.0 Å². The molecule has 0 radical (unpaired) electrons. The molecule has 1 atom stereocenters. The van der Waals surface area contributed by atoms with Gasteiger partial charge in [0.1, 0.15) is 13.2 Å². The molecule has 1 N–H and O–H groups in total. The molecular weight excluding hydrogens is 514 g/mol. The van der Waals surface area contributed by atoms with Crippen LogP contribution in [0.1, 0.15) is 39.3 Å². The summed E-state index contributed by atoms with van der Waals surface area (Å²) in [6.45, 7) is 1.61. The van der Waals surface area contributed by atoms with Gasteiger partial charge in [0.2, 0.25) is 5.13 Å². The third-order valence-electron chi connectivity index (χ3n) is 6.34. The van der Waals surface area contributed by atoms with Crippen molar-refractivity contribution < 1.29 is 23.0 Å². The number of aromatic nitrogens is 2. The molecule has 1 unspecified atom stereocenters. The molecule has 0 spiro atoms. The third-order valence-corrected chi connectivity index (χ3v) is 7.09. The van der Waals surface area contributed by atoms with Crippen LogP contribution in [-0.4, -0.2) is 77.6 Å². The summed E-state index contributed by atoms with van der Waals surface area (Å²) in [4.78, 5) is 15.3. The van der Waals surface area contributed by atoms with Crippen LogP contribution in [0.25, 0.3) is 5.57 Å². The second-order valence-corrected chi connectivity index (χ2v) is 10.5. The topological polar surface area (TPSA) is 105 Å². The predicted molar refractivity (Wildman–Crippen MR) is 140 cm³/mol. The number of likely N-dealkylation sites (N-methyl/N-ethyl adjacent to an activating group) is 1. The van der Waals surface area contributed by atoms with E-state index in [-0.39, 0.29) is 28.6 Å². The molecule has 1 saturated carbocycles. The number of rotatable bonds is 7. The Morgan fingerprint density at radius 3 is 2.92 bits per heavy atom. The van der Waals surface area contributed by atoms with Gasteiger partial charge < -0.3 is 14.6 Å². The average molecular weight is 540 g/mol. The average Bonchev–Trinajstić information content (AvgIpc) is 3.52. The lowest BCUT2D eigenvalue weighted by atomic mass is 9.93. The Bertz CT molecular complexity index is 1480. The molecule has 0 bridgehead atoms. The Morgan fingerprint density at radius 2 is 2.24 bits per heavy atom. The van der Waals surface area contributed by atoms with E-state index in [1.165, 1.54) is 13.2 Å². The first-order chi connectivity index (χ1) is 18.2. The summed E-state index contributed by atoms with van der Waals surface area (Å²) >= 11 is 1.15. The number of methoxy groups -OCH3 is 1. The minimum Gasteiger partial charge on any atom is -0.632 e. The first-order valence-electron chi connectivity index (χ1n) is 12.0. The number of alkyl halides is 2. The van der Waals surface area contributed by atoms with Gasteiger partial charge >= 0.3 is 18.0 Å². The lowest BCUT2D eigenvalue weighted by Crippen LogP contribution is -2.40. The molecule has 5 rings (SSSR count). The standard InChI is InChI=1S/C26H24F2N6O3S/c1-33-9-10-34(36,15-33)14-17-5-7-18(19(11-17)20-12-21(24(27)28)29-13-22(20)37-2)25(35)30-26-32-31-23(38-26)8-6-16-3-4-16/h5,7,11-12,16,24H,3-4,9-10,14-15H2,1-2H3/p+1. The van der Waals surface area contributed by atoms with Gasteiger partial charge in [-0.1, -0.05) is 23.3 Å². The van der Waals surface area contributed by atoms with Crippen molar-refractivity contribution in [3.05, 3.63) is 56.9 Å². The van der Waals surface area contributed by atoms with E-state index in [0.29, 0.717) is 41.8 Å². The van der Waals surface area contributed by atoms with E-state index in [0.717, 1.165) is 24.2 Å². The van der Waals surface area contributed by atoms with Crippen molar-refractivity contribution in [2.24, 2.45) is 5.92 Å². The fraction of sp³-hybridized carbons (Fsp3) is 0.385. The number of hydroxylamine groups is 3. The van der Waals surface area contributed by atoms with E-state index in [4.69, 9.17) is 4.74 Å². The summed E-state index contributed by atoms with van der Waals surface area (Å²) in [6, 6.07) is 4.94. The van der Waals surface area contributed by atoms with E-state index < -0.39 is 22.7 Å². The number of hydrogen-bond donors (Lipinski definition) is 1. The smallest absolute Gasteiger partial charge is 0.383 e. The quantitative estimate of drug-likeness (QED) is 0.251. The first kappa shape index (κ1) is 25.9. The third kappa shape index (κ3) is 5.90. The van der Waals surface area contributed by atoms with Gasteiger partial charge in [-0.05, 0) is 48.2 Å². The Labute approximate surface area is 222 Å². The summed E-state index contributed by atoms with van der Waals surface area (Å²) in [5.41, 5.74) is 0.870. The maximum atomic E-state index is 13.5. The number of ether oxygens (including phenoxy) is 1. The highest BCUT2D eigenvalue weighted by Crippen LogP contribution is 2.31. The highest BCUT2D eigenvalue weighted by atomic mass is 32.1. The van der Waals surface area contributed by atoms with Gasteiger partial charge in [0.25, 0.3) is 11.7 Å². The fourth-order valence-corrected chi connectivity index (χ4v) is 4.88. The molecule has 1 aromatic heterocycles. The lowest BCUT2D eigenvalue weighted by Gasteiger charge is -2.38. The van der Waals surface area contributed by atoms with Crippen LogP contribution in [0.3, 0.4) is 0 Å². The molecule has 2 aromatic rings. The number of nitrogens with zero attached hydrogens (tertiary/aromatic N) is 5. The Balaban J connectivity index is 1.49. The Hall–Kier alpha value is -3.68. The molecule has 3 heterocycles. The molecule has 1 aromatic carbocycles. The lowest BCUT2D eigenvalue weighted by molar-refractivity contribution is -0.885. The molecule has 38 heavy (non-hydrogen) atoms. The molecule has 1 aliphatic carbocycles. The highest BCUT2D eigenvalue weighted by molar-refractivity contribution is 7.15. The highest BCUT2D eigenvalue weighted by Gasteiger charge is 2.31. The van der Waals surface area contributed by atoms with Crippen LogP contribution in [0.15, 0.2) is 30.0 Å². The van der Waals surface area contributed by atoms with Crippen LogP contribution in [-0.2, 0) is 11.3 Å². The summed E-state index contributed by atoms with van der Waals surface area (Å²) in [5, 5.41) is 24.7. The predicted octanol–water partition coefficient (Wildman–Crippen LogP) is 2.64. The van der Waals surface area contributed by atoms with E-state index >= 15 is 0 Å². The van der Waals surface area contributed by atoms with Gasteiger partial charge in [-0.15, -0.1) is 10.2 Å². The molecule has 3 aliphatic rings. The Kier molecular flexibility index (Phi) is 7.23. The number of benzene rings is 1. The largest absolute Gasteiger partial charge is 0.632 e.